The van der Waals surface area contributed by atoms with Crippen LogP contribution in [0.25, 0.3) is 0 Å². The molecule has 0 radical (unpaired) electrons. The van der Waals surface area contributed by atoms with Gasteiger partial charge >= 0.3 is 6.18 Å². The summed E-state index contributed by atoms with van der Waals surface area (Å²) in [7, 11) is 1.24. The average Bonchev–Trinajstić information content (AvgIpc) is 2.96. The van der Waals surface area contributed by atoms with E-state index in [0.717, 1.165) is 34.7 Å². The molecule has 1 heterocycles. The summed E-state index contributed by atoms with van der Waals surface area (Å²) in [5.74, 6) is -1.34. The lowest BCUT2D eigenvalue weighted by molar-refractivity contribution is -0.147. The zero-order valence-corrected chi connectivity index (χ0v) is 15.6. The number of hydrogen-bond acceptors (Lipinski definition) is 4. The molecule has 5 nitrogen and oxygen atoms in total. The maximum atomic E-state index is 12.8. The third kappa shape index (κ3) is 5.00. The molecule has 142 valence electrons. The van der Waals surface area contributed by atoms with Crippen LogP contribution in [0.4, 0.5) is 13.2 Å². The van der Waals surface area contributed by atoms with Crippen molar-refractivity contribution in [1.29, 1.82) is 0 Å². The Hall–Kier alpha value is -2.03. The van der Waals surface area contributed by atoms with Crippen LogP contribution in [0, 0.1) is 0 Å². The molecule has 0 saturated carbocycles. The third-order valence-electron chi connectivity index (χ3n) is 3.84. The van der Waals surface area contributed by atoms with Crippen LogP contribution in [0.1, 0.15) is 44.1 Å². The highest BCUT2D eigenvalue weighted by molar-refractivity contribution is 8.00. The van der Waals surface area contributed by atoms with Crippen molar-refractivity contribution < 1.29 is 18.0 Å². The number of hydrogen-bond donors (Lipinski definition) is 1. The van der Waals surface area contributed by atoms with E-state index in [4.69, 9.17) is 0 Å². The molecular weight excluding hydrogens is 365 g/mol. The van der Waals surface area contributed by atoms with Gasteiger partial charge in [0.2, 0.25) is 11.7 Å². The molecule has 0 fully saturated rings. The van der Waals surface area contributed by atoms with Crippen molar-refractivity contribution in [2.24, 2.45) is 7.05 Å². The Morgan fingerprint density at radius 1 is 1.27 bits per heavy atom. The van der Waals surface area contributed by atoms with Crippen LogP contribution in [-0.4, -0.2) is 25.9 Å². The number of carbonyl (C=O) groups excluding carboxylic acids is 1. The number of rotatable bonds is 7. The van der Waals surface area contributed by atoms with Gasteiger partial charge in [0, 0.05) is 7.05 Å². The van der Waals surface area contributed by atoms with Crippen molar-refractivity contribution in [2.45, 2.75) is 49.3 Å². The van der Waals surface area contributed by atoms with E-state index >= 15 is 0 Å². The van der Waals surface area contributed by atoms with E-state index in [2.05, 4.69) is 15.5 Å². The van der Waals surface area contributed by atoms with Crippen molar-refractivity contribution in [3.63, 3.8) is 0 Å². The van der Waals surface area contributed by atoms with Crippen LogP contribution >= 0.6 is 11.8 Å². The first-order chi connectivity index (χ1) is 12.2. The van der Waals surface area contributed by atoms with E-state index < -0.39 is 17.3 Å². The Kier molecular flexibility index (Phi) is 6.69. The lowest BCUT2D eigenvalue weighted by Gasteiger charge is -2.21. The SMILES string of the molecule is CCCC(NC(=O)C(C)Sc1nnc(C(F)(F)F)n1C)c1ccccc1. The zero-order chi connectivity index (χ0) is 19.3. The van der Waals surface area contributed by atoms with Gasteiger partial charge in [-0.3, -0.25) is 4.79 Å². The standard InChI is InChI=1S/C17H21F3N4OS/c1-4-8-13(12-9-6-5-7-10-12)21-14(25)11(2)26-16-23-22-15(24(16)3)17(18,19)20/h5-7,9-11,13H,4,8H2,1-3H3,(H,21,25). The lowest BCUT2D eigenvalue weighted by atomic mass is 10.0. The van der Waals surface area contributed by atoms with E-state index in [1.807, 2.05) is 37.3 Å². The predicted molar refractivity (Wildman–Crippen MR) is 93.6 cm³/mol. The van der Waals surface area contributed by atoms with Gasteiger partial charge in [-0.05, 0) is 18.9 Å². The quantitative estimate of drug-likeness (QED) is 0.732. The summed E-state index contributed by atoms with van der Waals surface area (Å²) in [5.41, 5.74) is 0.998. The molecule has 2 atom stereocenters. The molecule has 2 rings (SSSR count). The van der Waals surface area contributed by atoms with Gasteiger partial charge in [0.1, 0.15) is 0 Å². The molecule has 0 saturated heterocycles. The van der Waals surface area contributed by atoms with E-state index in [0.29, 0.717) is 0 Å². The summed E-state index contributed by atoms with van der Waals surface area (Å²) in [6.45, 7) is 3.66. The first-order valence-corrected chi connectivity index (χ1v) is 9.10. The van der Waals surface area contributed by atoms with Gasteiger partial charge in [-0.15, -0.1) is 10.2 Å². The molecule has 0 aliphatic heterocycles. The number of halogens is 3. The third-order valence-corrected chi connectivity index (χ3v) is 4.97. The van der Waals surface area contributed by atoms with Crippen LogP contribution < -0.4 is 5.32 Å². The number of nitrogens with zero attached hydrogens (tertiary/aromatic N) is 3. The summed E-state index contributed by atoms with van der Waals surface area (Å²) in [5, 5.41) is 9.14. The number of nitrogens with one attached hydrogen (secondary N) is 1. The minimum atomic E-state index is -4.58. The Morgan fingerprint density at radius 2 is 1.92 bits per heavy atom. The van der Waals surface area contributed by atoms with E-state index in [9.17, 15) is 18.0 Å². The summed E-state index contributed by atoms with van der Waals surface area (Å²) >= 11 is 0.948. The highest BCUT2D eigenvalue weighted by Crippen LogP contribution is 2.31. The molecule has 26 heavy (non-hydrogen) atoms. The molecule has 2 unspecified atom stereocenters. The summed E-state index contributed by atoms with van der Waals surface area (Å²) in [6.07, 6.45) is -2.92. The summed E-state index contributed by atoms with van der Waals surface area (Å²) < 4.78 is 39.2. The predicted octanol–water partition coefficient (Wildman–Crippen LogP) is 3.97. The lowest BCUT2D eigenvalue weighted by Crippen LogP contribution is -2.34. The largest absolute Gasteiger partial charge is 0.451 e. The maximum absolute atomic E-state index is 12.8. The molecule has 0 spiro atoms. The minimum Gasteiger partial charge on any atom is -0.348 e. The smallest absolute Gasteiger partial charge is 0.348 e. The van der Waals surface area contributed by atoms with E-state index in [1.54, 1.807) is 6.92 Å². The molecule has 1 N–H and O–H groups in total. The van der Waals surface area contributed by atoms with Crippen LogP contribution in [0.3, 0.4) is 0 Å². The monoisotopic (exact) mass is 386 g/mol. The van der Waals surface area contributed by atoms with Gasteiger partial charge in [0.05, 0.1) is 11.3 Å². The first-order valence-electron chi connectivity index (χ1n) is 8.22. The Balaban J connectivity index is 2.06. The van der Waals surface area contributed by atoms with Crippen LogP contribution in [0.2, 0.25) is 0 Å². The second-order valence-corrected chi connectivity index (χ2v) is 7.19. The fourth-order valence-electron chi connectivity index (χ4n) is 2.46. The zero-order valence-electron chi connectivity index (χ0n) is 14.7. The Morgan fingerprint density at radius 3 is 2.46 bits per heavy atom. The number of carbonyl (C=O) groups is 1. The fourth-order valence-corrected chi connectivity index (χ4v) is 3.29. The van der Waals surface area contributed by atoms with E-state index in [1.165, 1.54) is 7.05 Å². The average molecular weight is 386 g/mol. The number of thioether (sulfide) groups is 1. The highest BCUT2D eigenvalue weighted by atomic mass is 32.2. The first kappa shape index (κ1) is 20.3. The normalized spacial score (nSPS) is 14.1. The second kappa shape index (κ2) is 8.57. The Bertz CT molecular complexity index is 733. The maximum Gasteiger partial charge on any atom is 0.451 e. The minimum absolute atomic E-state index is 0.0479. The second-order valence-electron chi connectivity index (χ2n) is 5.88. The van der Waals surface area contributed by atoms with Gasteiger partial charge < -0.3 is 9.88 Å². The number of alkyl halides is 3. The van der Waals surface area contributed by atoms with Crippen molar-refractivity contribution >= 4 is 17.7 Å². The van der Waals surface area contributed by atoms with Gasteiger partial charge in [-0.1, -0.05) is 55.4 Å². The molecule has 1 amide bonds. The van der Waals surface area contributed by atoms with E-state index in [-0.39, 0.29) is 17.1 Å². The molecule has 2 aromatic rings. The molecule has 9 heteroatoms. The van der Waals surface area contributed by atoms with Gasteiger partial charge in [0.15, 0.2) is 5.16 Å². The summed E-state index contributed by atoms with van der Waals surface area (Å²) in [4.78, 5) is 12.5. The fraction of sp³-hybridized carbons (Fsp3) is 0.471. The molecule has 1 aromatic carbocycles. The number of aromatic nitrogens is 3. The van der Waals surface area contributed by atoms with Gasteiger partial charge in [-0.2, -0.15) is 13.2 Å². The molecule has 1 aromatic heterocycles. The van der Waals surface area contributed by atoms with Crippen molar-refractivity contribution in [3.8, 4) is 0 Å². The molecular formula is C17H21F3N4OS. The number of benzene rings is 1. The van der Waals surface area contributed by atoms with Crippen molar-refractivity contribution in [1.82, 2.24) is 20.1 Å². The highest BCUT2D eigenvalue weighted by Gasteiger charge is 2.38. The van der Waals surface area contributed by atoms with Gasteiger partial charge in [0.25, 0.3) is 0 Å². The number of amides is 1. The molecule has 0 aliphatic carbocycles. The van der Waals surface area contributed by atoms with Gasteiger partial charge in [-0.25, -0.2) is 0 Å². The van der Waals surface area contributed by atoms with Crippen LogP contribution in [0.15, 0.2) is 35.5 Å². The summed E-state index contributed by atoms with van der Waals surface area (Å²) in [6, 6.07) is 9.45. The van der Waals surface area contributed by atoms with Crippen molar-refractivity contribution in [3.05, 3.63) is 41.7 Å². The topological polar surface area (TPSA) is 59.8 Å². The molecule has 0 aliphatic rings. The molecule has 0 bridgehead atoms. The Labute approximate surface area is 154 Å². The van der Waals surface area contributed by atoms with Crippen LogP contribution in [0.5, 0.6) is 0 Å². The van der Waals surface area contributed by atoms with Crippen LogP contribution in [-0.2, 0) is 18.0 Å². The van der Waals surface area contributed by atoms with Crippen molar-refractivity contribution in [2.75, 3.05) is 0 Å².